The Morgan fingerprint density at radius 2 is 1.43 bits per heavy atom. The van der Waals surface area contributed by atoms with Crippen molar-refractivity contribution < 1.29 is 33.4 Å². The summed E-state index contributed by atoms with van der Waals surface area (Å²) in [7, 11) is 1.40. The van der Waals surface area contributed by atoms with Crippen molar-refractivity contribution in [1.82, 2.24) is 15.5 Å². The first-order chi connectivity index (χ1) is 20.8. The predicted molar refractivity (Wildman–Crippen MR) is 164 cm³/mol. The molecule has 0 aromatic heterocycles. The third-order valence-electron chi connectivity index (χ3n) is 6.15. The van der Waals surface area contributed by atoms with Gasteiger partial charge in [0, 0.05) is 26.6 Å². The van der Waals surface area contributed by atoms with Gasteiger partial charge in [-0.05, 0) is 57.2 Å². The number of guanidine groups is 2. The van der Waals surface area contributed by atoms with Crippen molar-refractivity contribution in [3.8, 4) is 0 Å². The summed E-state index contributed by atoms with van der Waals surface area (Å²) in [6, 6.07) is 4.88. The summed E-state index contributed by atoms with van der Waals surface area (Å²) in [6.45, 7) is 3.50. The second kappa shape index (κ2) is 20.1. The molecule has 0 bridgehead atoms. The lowest BCUT2D eigenvalue weighted by atomic mass is 10.1. The molecule has 10 N–H and O–H groups in total. The van der Waals surface area contributed by atoms with Crippen molar-refractivity contribution in [3.63, 3.8) is 0 Å². The highest BCUT2D eigenvalue weighted by Gasteiger charge is 2.26. The van der Waals surface area contributed by atoms with Crippen molar-refractivity contribution in [1.29, 1.82) is 0 Å². The Kier molecular flexibility index (Phi) is 17.0. The maximum absolute atomic E-state index is 13.2. The summed E-state index contributed by atoms with van der Waals surface area (Å²) in [5.74, 6) is -1.97. The Balaban J connectivity index is 2.74. The molecule has 16 nitrogen and oxygen atoms in total. The number of benzene rings is 1. The van der Waals surface area contributed by atoms with Crippen LogP contribution >= 0.6 is 0 Å². The van der Waals surface area contributed by atoms with Crippen LogP contribution in [-0.4, -0.2) is 98.5 Å². The molecule has 44 heavy (non-hydrogen) atoms. The molecule has 1 rings (SSSR count). The number of alkyl carbamates (subject to hydrolysis) is 1. The fourth-order valence-corrected chi connectivity index (χ4v) is 3.91. The molecule has 1 aromatic rings. The van der Waals surface area contributed by atoms with E-state index in [4.69, 9.17) is 32.4 Å². The molecule has 0 saturated carbocycles. The third-order valence-corrected chi connectivity index (χ3v) is 6.15. The Morgan fingerprint density at radius 3 is 1.95 bits per heavy atom. The first kappa shape index (κ1) is 37.1. The third kappa shape index (κ3) is 15.4. The first-order valence-corrected chi connectivity index (χ1v) is 14.2. The number of Topliss-reactive ketones (excluding diaryl/α,β-unsaturated/α-hetero) is 1. The van der Waals surface area contributed by atoms with Crippen LogP contribution in [0, 0.1) is 0 Å². The van der Waals surface area contributed by atoms with Crippen LogP contribution in [0.3, 0.4) is 0 Å². The van der Waals surface area contributed by atoms with Gasteiger partial charge in [-0.2, -0.15) is 0 Å². The molecule has 0 aliphatic carbocycles. The number of ether oxygens (including phenoxy) is 2. The largest absolute Gasteiger partial charge is 0.462 e. The fraction of sp³-hybridized carbons (Fsp3) is 0.536. The topological polar surface area (TPSA) is 260 Å². The van der Waals surface area contributed by atoms with E-state index in [9.17, 15) is 24.0 Å². The van der Waals surface area contributed by atoms with Gasteiger partial charge in [0.05, 0.1) is 31.4 Å². The average Bonchev–Trinajstić information content (AvgIpc) is 2.95. The van der Waals surface area contributed by atoms with E-state index in [2.05, 4.69) is 20.6 Å². The number of nitrogens with zero attached hydrogens (tertiary/aromatic N) is 3. The summed E-state index contributed by atoms with van der Waals surface area (Å²) in [5, 5.41) is 5.16. The molecule has 0 spiro atoms. The van der Waals surface area contributed by atoms with E-state index < -0.39 is 36.0 Å². The fourth-order valence-electron chi connectivity index (χ4n) is 3.91. The van der Waals surface area contributed by atoms with E-state index >= 15 is 0 Å². The number of nitrogens with one attached hydrogen (secondary N) is 2. The van der Waals surface area contributed by atoms with Crippen LogP contribution in [0.15, 0.2) is 34.3 Å². The number of amides is 3. The van der Waals surface area contributed by atoms with E-state index in [-0.39, 0.29) is 50.4 Å². The zero-order valence-corrected chi connectivity index (χ0v) is 25.5. The minimum Gasteiger partial charge on any atom is -0.462 e. The van der Waals surface area contributed by atoms with Crippen molar-refractivity contribution in [2.45, 2.75) is 58.0 Å². The van der Waals surface area contributed by atoms with Crippen LogP contribution in [0.2, 0.25) is 0 Å². The number of hydrogen-bond acceptors (Lipinski definition) is 9. The number of ketones is 1. The predicted octanol–water partition coefficient (Wildman–Crippen LogP) is -0.860. The highest BCUT2D eigenvalue weighted by atomic mass is 16.5. The minimum atomic E-state index is -1.04. The molecule has 0 unspecified atom stereocenters. The van der Waals surface area contributed by atoms with Crippen LogP contribution in [0.5, 0.6) is 0 Å². The Labute approximate surface area is 257 Å². The lowest BCUT2D eigenvalue weighted by molar-refractivity contribution is -0.137. The standard InChI is InChI=1S/C28H45N9O7/c1-4-43-25(41)20-11-9-19(10-12-20)13-16-44-28(42)36-22(8-6-15-34-27(31)32)24(40)37(3)17-23(39)35-21(18(2)38)7-5-14-33-26(29)30/h9-12,21-22H,4-8,13-17H2,1-3H3,(H,35,39)(H,36,42)(H4,29,30,33)(H4,31,32,34)/t21-,22+/m0/s1. The highest BCUT2D eigenvalue weighted by molar-refractivity contribution is 5.92. The van der Waals surface area contributed by atoms with Crippen LogP contribution in [0.1, 0.15) is 55.5 Å². The first-order valence-electron chi connectivity index (χ1n) is 14.2. The Hall–Kier alpha value is -4.89. The number of carbonyl (C=O) groups is 5. The summed E-state index contributed by atoms with van der Waals surface area (Å²) < 4.78 is 10.2. The molecular weight excluding hydrogens is 574 g/mol. The zero-order valence-electron chi connectivity index (χ0n) is 25.5. The minimum absolute atomic E-state index is 0.00730. The van der Waals surface area contributed by atoms with Gasteiger partial charge >= 0.3 is 12.1 Å². The number of carbonyl (C=O) groups excluding carboxylic acids is 5. The van der Waals surface area contributed by atoms with Crippen molar-refractivity contribution in [3.05, 3.63) is 35.4 Å². The van der Waals surface area contributed by atoms with Crippen molar-refractivity contribution in [2.24, 2.45) is 32.9 Å². The van der Waals surface area contributed by atoms with Gasteiger partial charge in [0.1, 0.15) is 6.04 Å². The van der Waals surface area contributed by atoms with Gasteiger partial charge in [0.15, 0.2) is 17.7 Å². The molecule has 3 amide bonds. The van der Waals surface area contributed by atoms with Gasteiger partial charge in [-0.25, -0.2) is 9.59 Å². The summed E-state index contributed by atoms with van der Waals surface area (Å²) in [4.78, 5) is 71.1. The van der Waals surface area contributed by atoms with Gasteiger partial charge in [-0.1, -0.05) is 12.1 Å². The van der Waals surface area contributed by atoms with E-state index in [0.717, 1.165) is 10.5 Å². The number of likely N-dealkylation sites (N-methyl/N-ethyl adjacent to an activating group) is 1. The number of nitrogens with two attached hydrogens (primary N) is 4. The van der Waals surface area contributed by atoms with Crippen LogP contribution in [0.25, 0.3) is 0 Å². The van der Waals surface area contributed by atoms with E-state index in [1.165, 1.54) is 14.0 Å². The number of rotatable bonds is 19. The summed E-state index contributed by atoms with van der Waals surface area (Å²) in [5.41, 5.74) is 22.5. The summed E-state index contributed by atoms with van der Waals surface area (Å²) in [6.07, 6.45) is 0.814. The van der Waals surface area contributed by atoms with E-state index in [0.29, 0.717) is 37.8 Å². The molecule has 244 valence electrons. The number of aliphatic imine (C=N–C) groups is 2. The maximum atomic E-state index is 13.2. The lowest BCUT2D eigenvalue weighted by Crippen LogP contribution is -2.51. The van der Waals surface area contributed by atoms with E-state index in [1.807, 2.05) is 0 Å². The second-order valence-electron chi connectivity index (χ2n) is 9.82. The zero-order chi connectivity index (χ0) is 33.1. The van der Waals surface area contributed by atoms with Crippen molar-refractivity contribution >= 4 is 41.6 Å². The lowest BCUT2D eigenvalue weighted by Gasteiger charge is -2.25. The van der Waals surface area contributed by atoms with Crippen LogP contribution < -0.4 is 33.6 Å². The van der Waals surface area contributed by atoms with Gasteiger partial charge in [-0.15, -0.1) is 0 Å². The Morgan fingerprint density at radius 1 is 0.864 bits per heavy atom. The summed E-state index contributed by atoms with van der Waals surface area (Å²) >= 11 is 0. The molecule has 2 atom stereocenters. The molecule has 0 saturated heterocycles. The molecule has 1 aromatic carbocycles. The second-order valence-corrected chi connectivity index (χ2v) is 9.82. The Bertz CT molecular complexity index is 1160. The highest BCUT2D eigenvalue weighted by Crippen LogP contribution is 2.08. The van der Waals surface area contributed by atoms with Crippen LogP contribution in [-0.2, 0) is 30.3 Å². The van der Waals surface area contributed by atoms with Gasteiger partial charge in [0.2, 0.25) is 11.8 Å². The molecule has 0 heterocycles. The SMILES string of the molecule is CCOC(=O)c1ccc(CCOC(=O)N[C@H](CCCN=C(N)N)C(=O)N(C)CC(=O)N[C@@H](CCCN=C(N)N)C(C)=O)cc1. The number of hydrogen-bond donors (Lipinski definition) is 6. The molecule has 16 heteroatoms. The monoisotopic (exact) mass is 619 g/mol. The average molecular weight is 620 g/mol. The smallest absolute Gasteiger partial charge is 0.407 e. The van der Waals surface area contributed by atoms with Gasteiger partial charge in [-0.3, -0.25) is 24.4 Å². The quantitative estimate of drug-likeness (QED) is 0.0480. The molecule has 0 aliphatic rings. The van der Waals surface area contributed by atoms with Gasteiger partial charge in [0.25, 0.3) is 0 Å². The molecule has 0 radical (unpaired) electrons. The number of esters is 1. The van der Waals surface area contributed by atoms with Gasteiger partial charge < -0.3 is 47.9 Å². The molecule has 0 aliphatic heterocycles. The van der Waals surface area contributed by atoms with Crippen LogP contribution in [0.4, 0.5) is 4.79 Å². The normalized spacial score (nSPS) is 11.7. The van der Waals surface area contributed by atoms with Crippen molar-refractivity contribution in [2.75, 3.05) is 39.9 Å². The van der Waals surface area contributed by atoms with E-state index in [1.54, 1.807) is 31.2 Å². The maximum Gasteiger partial charge on any atom is 0.407 e. The molecule has 0 fully saturated rings. The molecular formula is C28H45N9O7.